The highest BCUT2D eigenvalue weighted by atomic mass is 32.2. The molecule has 0 fully saturated rings. The maximum absolute atomic E-state index is 14.9. The number of nitrogens with zero attached hydrogens (tertiary/aromatic N) is 3. The number of para-hydroxylation sites is 1. The average molecular weight is 500 g/mol. The van der Waals surface area contributed by atoms with Crippen molar-refractivity contribution < 1.29 is 32.5 Å². The molecule has 4 aromatic rings. The van der Waals surface area contributed by atoms with Gasteiger partial charge in [0.1, 0.15) is 11.6 Å². The van der Waals surface area contributed by atoms with Crippen molar-refractivity contribution >= 4 is 17.7 Å². The van der Waals surface area contributed by atoms with Crippen molar-refractivity contribution in [1.82, 2.24) is 14.8 Å². The summed E-state index contributed by atoms with van der Waals surface area (Å²) in [5, 5.41) is 9.05. The molecule has 11 heteroatoms. The molecule has 0 spiro atoms. The van der Waals surface area contributed by atoms with Gasteiger partial charge in [0.2, 0.25) is 11.5 Å². The molecule has 0 unspecified atom stereocenters. The molecule has 35 heavy (non-hydrogen) atoms. The van der Waals surface area contributed by atoms with Crippen LogP contribution in [0.25, 0.3) is 17.1 Å². The first-order chi connectivity index (χ1) is 17.0. The summed E-state index contributed by atoms with van der Waals surface area (Å²) in [6.45, 7) is 0. The Morgan fingerprint density at radius 1 is 1.00 bits per heavy atom. The maximum Gasteiger partial charge on any atom is 0.373 e. The van der Waals surface area contributed by atoms with E-state index in [1.807, 2.05) is 0 Å². The van der Waals surface area contributed by atoms with Gasteiger partial charge >= 0.3 is 5.97 Å². The van der Waals surface area contributed by atoms with Crippen molar-refractivity contribution in [3.63, 3.8) is 0 Å². The highest BCUT2D eigenvalue weighted by Crippen LogP contribution is 2.42. The van der Waals surface area contributed by atoms with Gasteiger partial charge in [-0.1, -0.05) is 23.9 Å². The summed E-state index contributed by atoms with van der Waals surface area (Å²) in [5.74, 6) is 1.55. The Hall–Kier alpha value is -3.99. The molecule has 0 saturated heterocycles. The summed E-state index contributed by atoms with van der Waals surface area (Å²) in [5.41, 5.74) is 0.839. The summed E-state index contributed by atoms with van der Waals surface area (Å²) in [4.78, 5) is 11.7. The molecule has 0 radical (unpaired) electrons. The molecule has 2 aromatic carbocycles. The van der Waals surface area contributed by atoms with Crippen LogP contribution in [0.5, 0.6) is 17.2 Å². The molecule has 9 nitrogen and oxygen atoms in total. The Labute approximate surface area is 204 Å². The van der Waals surface area contributed by atoms with Crippen LogP contribution < -0.4 is 14.2 Å². The summed E-state index contributed by atoms with van der Waals surface area (Å²) >= 11 is 1.27. The number of halogens is 1. The zero-order valence-electron chi connectivity index (χ0n) is 19.4. The number of esters is 1. The third kappa shape index (κ3) is 4.80. The lowest BCUT2D eigenvalue weighted by Gasteiger charge is -2.15. The van der Waals surface area contributed by atoms with Gasteiger partial charge in [-0.2, -0.15) is 0 Å². The molecule has 0 aliphatic carbocycles. The number of hydrogen-bond donors (Lipinski definition) is 0. The minimum absolute atomic E-state index is 0.0942. The Balaban J connectivity index is 1.78. The SMILES string of the molecule is COC(=O)c1ccc(CSc2nnc(-c3cc(OC)c(OC)c(OC)c3)n2-c2ccccc2F)o1. The molecular formula is C24H22FN3O6S. The number of ether oxygens (including phenoxy) is 4. The standard InChI is InChI=1S/C24H22FN3O6S/c1-30-19-11-14(12-20(31-2)21(19)32-3)22-26-27-24(28(22)17-8-6-5-7-16(17)25)35-13-15-9-10-18(34-15)23(29)33-4/h5-12H,13H2,1-4H3. The van der Waals surface area contributed by atoms with Crippen molar-refractivity contribution in [1.29, 1.82) is 0 Å². The Bertz CT molecular complexity index is 1330. The van der Waals surface area contributed by atoms with Gasteiger partial charge in [-0.15, -0.1) is 10.2 Å². The molecule has 4 rings (SSSR count). The fourth-order valence-corrected chi connectivity index (χ4v) is 4.25. The summed E-state index contributed by atoms with van der Waals surface area (Å²) in [6.07, 6.45) is 0. The van der Waals surface area contributed by atoms with Crippen LogP contribution in [0.4, 0.5) is 4.39 Å². The van der Waals surface area contributed by atoms with Crippen LogP contribution in [0.2, 0.25) is 0 Å². The van der Waals surface area contributed by atoms with Gasteiger partial charge in [0.15, 0.2) is 22.5 Å². The van der Waals surface area contributed by atoms with Crippen LogP contribution in [0.3, 0.4) is 0 Å². The van der Waals surface area contributed by atoms with Gasteiger partial charge in [0.05, 0.1) is 39.9 Å². The molecule has 0 aliphatic heterocycles. The van der Waals surface area contributed by atoms with E-state index in [1.54, 1.807) is 41.0 Å². The zero-order valence-corrected chi connectivity index (χ0v) is 20.2. The fourth-order valence-electron chi connectivity index (χ4n) is 3.41. The lowest BCUT2D eigenvalue weighted by Crippen LogP contribution is -2.03. The van der Waals surface area contributed by atoms with Crippen LogP contribution >= 0.6 is 11.8 Å². The van der Waals surface area contributed by atoms with Gasteiger partial charge in [-0.05, 0) is 36.4 Å². The Morgan fingerprint density at radius 3 is 2.34 bits per heavy atom. The first kappa shape index (κ1) is 24.1. The Kier molecular flexibility index (Phi) is 7.25. The van der Waals surface area contributed by atoms with Crippen LogP contribution in [0.15, 0.2) is 58.1 Å². The molecule has 0 bridgehead atoms. The quantitative estimate of drug-likeness (QED) is 0.238. The highest BCUT2D eigenvalue weighted by Gasteiger charge is 2.22. The summed E-state index contributed by atoms with van der Waals surface area (Å²) in [7, 11) is 5.81. The van der Waals surface area contributed by atoms with Crippen molar-refractivity contribution in [2.45, 2.75) is 10.9 Å². The van der Waals surface area contributed by atoms with Gasteiger partial charge in [0, 0.05) is 5.56 Å². The Morgan fingerprint density at radius 2 is 1.71 bits per heavy atom. The predicted octanol–water partition coefficient (Wildman–Crippen LogP) is 4.77. The number of hydrogen-bond acceptors (Lipinski definition) is 9. The van der Waals surface area contributed by atoms with Crippen molar-refractivity contribution in [2.75, 3.05) is 28.4 Å². The van der Waals surface area contributed by atoms with E-state index in [1.165, 1.54) is 52.3 Å². The normalized spacial score (nSPS) is 10.8. The van der Waals surface area contributed by atoms with Gasteiger partial charge in [-0.25, -0.2) is 9.18 Å². The van der Waals surface area contributed by atoms with E-state index in [0.717, 1.165) is 0 Å². The molecule has 0 amide bonds. The molecule has 0 aliphatic rings. The second-order valence-corrected chi connectivity index (χ2v) is 8.00. The van der Waals surface area contributed by atoms with Crippen molar-refractivity contribution in [2.24, 2.45) is 0 Å². The van der Waals surface area contributed by atoms with E-state index < -0.39 is 11.8 Å². The number of thioether (sulfide) groups is 1. The summed E-state index contributed by atoms with van der Waals surface area (Å²) in [6, 6.07) is 12.9. The van der Waals surface area contributed by atoms with E-state index in [4.69, 9.17) is 18.6 Å². The fraction of sp³-hybridized carbons (Fsp3) is 0.208. The topological polar surface area (TPSA) is 97.8 Å². The number of benzene rings is 2. The van der Waals surface area contributed by atoms with Gasteiger partial charge < -0.3 is 23.4 Å². The van der Waals surface area contributed by atoms with E-state index >= 15 is 0 Å². The highest BCUT2D eigenvalue weighted by molar-refractivity contribution is 7.98. The number of furan rings is 1. The second-order valence-electron chi connectivity index (χ2n) is 7.05. The predicted molar refractivity (Wildman–Crippen MR) is 126 cm³/mol. The molecule has 0 N–H and O–H groups in total. The third-order valence-electron chi connectivity index (χ3n) is 5.04. The molecular weight excluding hydrogens is 477 g/mol. The van der Waals surface area contributed by atoms with Crippen LogP contribution in [-0.2, 0) is 10.5 Å². The molecule has 0 saturated carbocycles. The van der Waals surface area contributed by atoms with E-state index in [0.29, 0.717) is 45.3 Å². The number of rotatable bonds is 9. The minimum atomic E-state index is -0.569. The lowest BCUT2D eigenvalue weighted by molar-refractivity contribution is 0.0563. The van der Waals surface area contributed by atoms with Gasteiger partial charge in [-0.3, -0.25) is 4.57 Å². The number of aromatic nitrogens is 3. The third-order valence-corrected chi connectivity index (χ3v) is 5.99. The first-order valence-electron chi connectivity index (χ1n) is 10.3. The number of carbonyl (C=O) groups excluding carboxylic acids is 1. The number of methoxy groups -OCH3 is 4. The molecule has 2 aromatic heterocycles. The van der Waals surface area contributed by atoms with Crippen LogP contribution in [0.1, 0.15) is 16.3 Å². The van der Waals surface area contributed by atoms with Crippen LogP contribution in [0, 0.1) is 5.82 Å². The van der Waals surface area contributed by atoms with Crippen molar-refractivity contribution in [3.8, 4) is 34.3 Å². The lowest BCUT2D eigenvalue weighted by atomic mass is 10.1. The van der Waals surface area contributed by atoms with E-state index in [9.17, 15) is 9.18 Å². The largest absolute Gasteiger partial charge is 0.493 e. The zero-order chi connectivity index (χ0) is 24.9. The number of carbonyl (C=O) groups is 1. The molecule has 2 heterocycles. The van der Waals surface area contributed by atoms with Crippen LogP contribution in [-0.4, -0.2) is 49.2 Å². The van der Waals surface area contributed by atoms with Gasteiger partial charge in [0.25, 0.3) is 0 Å². The molecule has 182 valence electrons. The first-order valence-corrected chi connectivity index (χ1v) is 11.3. The maximum atomic E-state index is 14.9. The minimum Gasteiger partial charge on any atom is -0.493 e. The van der Waals surface area contributed by atoms with E-state index in [2.05, 4.69) is 14.9 Å². The average Bonchev–Trinajstić information content (AvgIpc) is 3.53. The smallest absolute Gasteiger partial charge is 0.373 e. The van der Waals surface area contributed by atoms with Crippen molar-refractivity contribution in [3.05, 3.63) is 65.9 Å². The monoisotopic (exact) mass is 499 g/mol. The molecule has 0 atom stereocenters. The second kappa shape index (κ2) is 10.5. The summed E-state index contributed by atoms with van der Waals surface area (Å²) < 4.78 is 43.0. The van der Waals surface area contributed by atoms with E-state index in [-0.39, 0.29) is 11.4 Å².